The highest BCUT2D eigenvalue weighted by Gasteiger charge is 2.28. The molecule has 0 atom stereocenters. The van der Waals surface area contributed by atoms with Gasteiger partial charge in [-0.1, -0.05) is 41.9 Å². The van der Waals surface area contributed by atoms with Crippen LogP contribution in [0.2, 0.25) is 5.02 Å². The van der Waals surface area contributed by atoms with Crippen LogP contribution in [0.4, 0.5) is 0 Å². The molecular formula is C20H20ClN3O2S2. The van der Waals surface area contributed by atoms with Crippen LogP contribution in [0, 0.1) is 0 Å². The van der Waals surface area contributed by atoms with E-state index in [9.17, 15) is 8.42 Å². The molecule has 8 heteroatoms. The van der Waals surface area contributed by atoms with Gasteiger partial charge in [-0.2, -0.15) is 4.31 Å². The molecule has 0 radical (unpaired) electrons. The molecule has 146 valence electrons. The van der Waals surface area contributed by atoms with Gasteiger partial charge in [-0.3, -0.25) is 4.90 Å². The van der Waals surface area contributed by atoms with E-state index in [2.05, 4.69) is 10.3 Å². The van der Waals surface area contributed by atoms with E-state index in [0.717, 1.165) is 22.8 Å². The van der Waals surface area contributed by atoms with Crippen LogP contribution >= 0.6 is 22.9 Å². The summed E-state index contributed by atoms with van der Waals surface area (Å²) in [6.45, 7) is 3.10. The number of rotatable bonds is 5. The topological polar surface area (TPSA) is 53.5 Å². The second-order valence-electron chi connectivity index (χ2n) is 6.64. The second-order valence-corrected chi connectivity index (χ2v) is 9.88. The maximum atomic E-state index is 12.7. The fraction of sp³-hybridized carbons (Fsp3) is 0.250. The van der Waals surface area contributed by atoms with E-state index in [0.29, 0.717) is 36.1 Å². The Labute approximate surface area is 174 Å². The molecule has 0 unspecified atom stereocenters. The molecular weight excluding hydrogens is 414 g/mol. The number of benzene rings is 2. The van der Waals surface area contributed by atoms with Crippen LogP contribution in [0.25, 0.3) is 10.6 Å². The standard InChI is InChI=1S/C20H20ClN3O2S2/c21-17-8-6-16(7-9-17)20-22-18(15-27-20)14-23-10-12-24(13-11-23)28(25,26)19-4-2-1-3-5-19/h1-9,15H,10-14H2. The monoisotopic (exact) mass is 433 g/mol. The van der Waals surface area contributed by atoms with Crippen molar-refractivity contribution in [1.29, 1.82) is 0 Å². The number of nitrogens with zero attached hydrogens (tertiary/aromatic N) is 3. The van der Waals surface area contributed by atoms with Crippen LogP contribution in [0.1, 0.15) is 5.69 Å². The van der Waals surface area contributed by atoms with E-state index >= 15 is 0 Å². The third kappa shape index (κ3) is 4.29. The smallest absolute Gasteiger partial charge is 0.243 e. The Morgan fingerprint density at radius 3 is 2.32 bits per heavy atom. The quantitative estimate of drug-likeness (QED) is 0.611. The van der Waals surface area contributed by atoms with Crippen molar-refractivity contribution in [1.82, 2.24) is 14.2 Å². The fourth-order valence-corrected chi connectivity index (χ4v) is 5.59. The summed E-state index contributed by atoms with van der Waals surface area (Å²) in [5.74, 6) is 0. The number of hydrogen-bond acceptors (Lipinski definition) is 5. The molecule has 4 rings (SSSR count). The summed E-state index contributed by atoms with van der Waals surface area (Å²) >= 11 is 7.56. The molecule has 0 saturated carbocycles. The Hall–Kier alpha value is -1.77. The van der Waals surface area contributed by atoms with Gasteiger partial charge in [0.15, 0.2) is 0 Å². The maximum Gasteiger partial charge on any atom is 0.243 e. The number of hydrogen-bond donors (Lipinski definition) is 0. The molecule has 1 saturated heterocycles. The minimum atomic E-state index is -3.41. The van der Waals surface area contributed by atoms with E-state index in [4.69, 9.17) is 16.6 Å². The lowest BCUT2D eigenvalue weighted by atomic mass is 10.2. The summed E-state index contributed by atoms with van der Waals surface area (Å²) in [7, 11) is -3.41. The first-order chi connectivity index (χ1) is 13.5. The number of sulfonamides is 1. The third-order valence-electron chi connectivity index (χ3n) is 4.74. The Bertz CT molecular complexity index is 1030. The molecule has 1 aliphatic heterocycles. The third-order valence-corrected chi connectivity index (χ3v) is 7.85. The summed E-state index contributed by atoms with van der Waals surface area (Å²) in [6.07, 6.45) is 0. The summed E-state index contributed by atoms with van der Waals surface area (Å²) in [5, 5.41) is 3.75. The Balaban J connectivity index is 1.37. The van der Waals surface area contributed by atoms with Crippen molar-refractivity contribution in [3.8, 4) is 10.6 Å². The van der Waals surface area contributed by atoms with Gasteiger partial charge in [0, 0.05) is 48.7 Å². The second kappa shape index (κ2) is 8.31. The van der Waals surface area contributed by atoms with E-state index in [1.54, 1.807) is 39.9 Å². The molecule has 1 fully saturated rings. The van der Waals surface area contributed by atoms with Crippen molar-refractivity contribution in [2.24, 2.45) is 0 Å². The Morgan fingerprint density at radius 2 is 1.64 bits per heavy atom. The Kier molecular flexibility index (Phi) is 5.80. The Morgan fingerprint density at radius 1 is 0.964 bits per heavy atom. The minimum absolute atomic E-state index is 0.357. The summed E-state index contributed by atoms with van der Waals surface area (Å²) in [5.41, 5.74) is 2.06. The highest BCUT2D eigenvalue weighted by molar-refractivity contribution is 7.89. The zero-order valence-electron chi connectivity index (χ0n) is 15.2. The number of aromatic nitrogens is 1. The van der Waals surface area contributed by atoms with Crippen LogP contribution in [0.15, 0.2) is 64.9 Å². The van der Waals surface area contributed by atoms with Gasteiger partial charge in [-0.25, -0.2) is 13.4 Å². The molecule has 1 aliphatic rings. The van der Waals surface area contributed by atoms with Gasteiger partial charge in [-0.15, -0.1) is 11.3 Å². The van der Waals surface area contributed by atoms with Gasteiger partial charge in [-0.05, 0) is 24.3 Å². The van der Waals surface area contributed by atoms with Crippen LogP contribution in [-0.2, 0) is 16.6 Å². The lowest BCUT2D eigenvalue weighted by Gasteiger charge is -2.33. The normalized spacial score (nSPS) is 16.3. The molecule has 0 aliphatic carbocycles. The number of piperazine rings is 1. The van der Waals surface area contributed by atoms with Gasteiger partial charge in [0.05, 0.1) is 10.6 Å². The molecule has 0 bridgehead atoms. The average Bonchev–Trinajstić information content (AvgIpc) is 3.18. The highest BCUT2D eigenvalue weighted by atomic mass is 35.5. The minimum Gasteiger partial charge on any atom is -0.295 e. The fourth-order valence-electron chi connectivity index (χ4n) is 3.20. The molecule has 0 amide bonds. The maximum absolute atomic E-state index is 12.7. The van der Waals surface area contributed by atoms with E-state index in [-0.39, 0.29) is 0 Å². The largest absolute Gasteiger partial charge is 0.295 e. The van der Waals surface area contributed by atoms with Crippen LogP contribution < -0.4 is 0 Å². The molecule has 28 heavy (non-hydrogen) atoms. The zero-order chi connectivity index (χ0) is 19.6. The van der Waals surface area contributed by atoms with E-state index in [1.807, 2.05) is 30.3 Å². The molecule has 2 aromatic carbocycles. The molecule has 5 nitrogen and oxygen atoms in total. The zero-order valence-corrected chi connectivity index (χ0v) is 17.6. The van der Waals surface area contributed by atoms with Gasteiger partial charge >= 0.3 is 0 Å². The van der Waals surface area contributed by atoms with Crippen LogP contribution in [0.3, 0.4) is 0 Å². The highest BCUT2D eigenvalue weighted by Crippen LogP contribution is 2.26. The number of halogens is 1. The summed E-state index contributed by atoms with van der Waals surface area (Å²) in [6, 6.07) is 16.3. The van der Waals surface area contributed by atoms with Gasteiger partial charge in [0.1, 0.15) is 5.01 Å². The molecule has 0 spiro atoms. The van der Waals surface area contributed by atoms with E-state index in [1.165, 1.54) is 0 Å². The van der Waals surface area contributed by atoms with Crippen molar-refractivity contribution in [3.63, 3.8) is 0 Å². The van der Waals surface area contributed by atoms with Crippen LogP contribution in [0.5, 0.6) is 0 Å². The van der Waals surface area contributed by atoms with Gasteiger partial charge in [0.2, 0.25) is 10.0 Å². The summed E-state index contributed by atoms with van der Waals surface area (Å²) in [4.78, 5) is 7.33. The van der Waals surface area contributed by atoms with Crippen molar-refractivity contribution in [2.75, 3.05) is 26.2 Å². The molecule has 3 aromatic rings. The first-order valence-electron chi connectivity index (χ1n) is 9.00. The predicted molar refractivity (Wildman–Crippen MR) is 113 cm³/mol. The average molecular weight is 434 g/mol. The molecule has 0 N–H and O–H groups in total. The van der Waals surface area contributed by atoms with Crippen molar-refractivity contribution in [2.45, 2.75) is 11.4 Å². The lowest BCUT2D eigenvalue weighted by Crippen LogP contribution is -2.48. The van der Waals surface area contributed by atoms with E-state index < -0.39 is 10.0 Å². The van der Waals surface area contributed by atoms with Crippen molar-refractivity contribution < 1.29 is 8.42 Å². The predicted octanol–water partition coefficient (Wildman–Crippen LogP) is 3.97. The molecule has 1 aromatic heterocycles. The van der Waals surface area contributed by atoms with Crippen LogP contribution in [-0.4, -0.2) is 48.8 Å². The van der Waals surface area contributed by atoms with Crippen molar-refractivity contribution >= 4 is 33.0 Å². The van der Waals surface area contributed by atoms with Gasteiger partial charge in [0.25, 0.3) is 0 Å². The molecule has 2 heterocycles. The lowest BCUT2D eigenvalue weighted by molar-refractivity contribution is 0.180. The number of thiazole rings is 1. The first-order valence-corrected chi connectivity index (χ1v) is 11.7. The SMILES string of the molecule is O=S(=O)(c1ccccc1)N1CCN(Cc2csc(-c3ccc(Cl)cc3)n2)CC1. The van der Waals surface area contributed by atoms with Gasteiger partial charge < -0.3 is 0 Å². The summed E-state index contributed by atoms with van der Waals surface area (Å²) < 4.78 is 27.0. The van der Waals surface area contributed by atoms with Crippen molar-refractivity contribution in [3.05, 3.63) is 70.7 Å². The first kappa shape index (κ1) is 19.5.